The Kier molecular flexibility index (Phi) is 8.12. The van der Waals surface area contributed by atoms with Crippen LogP contribution in [0.3, 0.4) is 0 Å². The average molecular weight is 484 g/mol. The second kappa shape index (κ2) is 10.3. The number of hydrogen-bond acceptors (Lipinski definition) is 3. The van der Waals surface area contributed by atoms with Crippen LogP contribution in [0.15, 0.2) is 57.5 Å². The zero-order chi connectivity index (χ0) is 18.9. The fourth-order valence-corrected chi connectivity index (χ4v) is 3.50. The molecule has 2 aromatic carbocycles. The quantitative estimate of drug-likeness (QED) is 0.592. The van der Waals surface area contributed by atoms with E-state index in [9.17, 15) is 9.59 Å². The number of nitrogens with zero attached hydrogens (tertiary/aromatic N) is 1. The number of halogens is 2. The van der Waals surface area contributed by atoms with Crippen molar-refractivity contribution in [2.75, 3.05) is 19.7 Å². The maximum Gasteiger partial charge on any atom is 0.260 e. The molecule has 0 aliphatic rings. The summed E-state index contributed by atoms with van der Waals surface area (Å²) in [6.45, 7) is 0.681. The van der Waals surface area contributed by atoms with Gasteiger partial charge in [0.15, 0.2) is 6.61 Å². The first kappa shape index (κ1) is 20.5. The Hall–Kier alpha value is -1.86. The molecular formula is C19H20Br2N2O3. The SMILES string of the molecule is NC(=O)CCN(CCc1ccccc1)C(=O)COc1ccc(Br)cc1Br. The lowest BCUT2D eigenvalue weighted by atomic mass is 10.1. The van der Waals surface area contributed by atoms with Crippen LogP contribution in [0.4, 0.5) is 0 Å². The van der Waals surface area contributed by atoms with Gasteiger partial charge in [0.1, 0.15) is 5.75 Å². The molecule has 0 aliphatic heterocycles. The maximum absolute atomic E-state index is 12.6. The first-order chi connectivity index (χ1) is 12.5. The van der Waals surface area contributed by atoms with E-state index in [2.05, 4.69) is 31.9 Å². The van der Waals surface area contributed by atoms with Gasteiger partial charge in [-0.05, 0) is 46.1 Å². The van der Waals surface area contributed by atoms with Gasteiger partial charge >= 0.3 is 0 Å². The van der Waals surface area contributed by atoms with Gasteiger partial charge in [0, 0.05) is 24.0 Å². The van der Waals surface area contributed by atoms with Crippen LogP contribution in [0.5, 0.6) is 5.75 Å². The van der Waals surface area contributed by atoms with Crippen molar-refractivity contribution < 1.29 is 14.3 Å². The largest absolute Gasteiger partial charge is 0.483 e. The fraction of sp³-hybridized carbons (Fsp3) is 0.263. The number of hydrogen-bond donors (Lipinski definition) is 1. The molecule has 138 valence electrons. The van der Waals surface area contributed by atoms with E-state index in [1.165, 1.54) is 0 Å². The second-order valence-electron chi connectivity index (χ2n) is 5.70. The Labute approximate surface area is 169 Å². The molecule has 0 bridgehead atoms. The van der Waals surface area contributed by atoms with Crippen LogP contribution >= 0.6 is 31.9 Å². The highest BCUT2D eigenvalue weighted by molar-refractivity contribution is 9.11. The second-order valence-corrected chi connectivity index (χ2v) is 7.47. The van der Waals surface area contributed by atoms with Gasteiger partial charge in [0.2, 0.25) is 5.91 Å². The molecule has 0 spiro atoms. The van der Waals surface area contributed by atoms with E-state index in [-0.39, 0.29) is 25.5 Å². The van der Waals surface area contributed by atoms with Gasteiger partial charge in [0.05, 0.1) is 4.47 Å². The smallest absolute Gasteiger partial charge is 0.260 e. The van der Waals surface area contributed by atoms with Crippen molar-refractivity contribution in [3.63, 3.8) is 0 Å². The number of nitrogens with two attached hydrogens (primary N) is 1. The molecule has 0 unspecified atom stereocenters. The molecule has 0 atom stereocenters. The molecule has 0 saturated carbocycles. The third-order valence-electron chi connectivity index (χ3n) is 3.74. The van der Waals surface area contributed by atoms with E-state index in [4.69, 9.17) is 10.5 Å². The van der Waals surface area contributed by atoms with Crippen molar-refractivity contribution >= 4 is 43.7 Å². The predicted octanol–water partition coefficient (Wildman–Crippen LogP) is 3.54. The van der Waals surface area contributed by atoms with Crippen molar-refractivity contribution in [3.05, 3.63) is 63.0 Å². The number of ether oxygens (including phenoxy) is 1. The summed E-state index contributed by atoms with van der Waals surface area (Å²) in [5.41, 5.74) is 6.35. The highest BCUT2D eigenvalue weighted by Gasteiger charge is 2.16. The molecule has 2 N–H and O–H groups in total. The Morgan fingerprint density at radius 3 is 2.42 bits per heavy atom. The van der Waals surface area contributed by atoms with Crippen LogP contribution in [0.25, 0.3) is 0 Å². The van der Waals surface area contributed by atoms with E-state index < -0.39 is 5.91 Å². The van der Waals surface area contributed by atoms with Crippen molar-refractivity contribution in [1.29, 1.82) is 0 Å². The third kappa shape index (κ3) is 6.80. The van der Waals surface area contributed by atoms with Crippen molar-refractivity contribution in [3.8, 4) is 5.75 Å². The van der Waals surface area contributed by atoms with E-state index >= 15 is 0 Å². The minimum atomic E-state index is -0.431. The molecule has 7 heteroatoms. The van der Waals surface area contributed by atoms with Crippen LogP contribution in [-0.4, -0.2) is 36.4 Å². The van der Waals surface area contributed by atoms with E-state index in [0.717, 1.165) is 14.5 Å². The summed E-state index contributed by atoms with van der Waals surface area (Å²) < 4.78 is 7.29. The number of amides is 2. The summed E-state index contributed by atoms with van der Waals surface area (Å²) >= 11 is 6.78. The van der Waals surface area contributed by atoms with E-state index in [0.29, 0.717) is 18.7 Å². The molecule has 2 aromatic rings. The molecule has 5 nitrogen and oxygen atoms in total. The Balaban J connectivity index is 1.96. The Bertz CT molecular complexity index is 754. The van der Waals surface area contributed by atoms with Gasteiger partial charge < -0.3 is 15.4 Å². The monoisotopic (exact) mass is 482 g/mol. The third-order valence-corrected chi connectivity index (χ3v) is 4.85. The lowest BCUT2D eigenvalue weighted by Gasteiger charge is -2.22. The van der Waals surface area contributed by atoms with Crippen LogP contribution in [-0.2, 0) is 16.0 Å². The van der Waals surface area contributed by atoms with Gasteiger partial charge in [-0.2, -0.15) is 0 Å². The lowest BCUT2D eigenvalue weighted by molar-refractivity contribution is -0.133. The van der Waals surface area contributed by atoms with Gasteiger partial charge in [-0.15, -0.1) is 0 Å². The summed E-state index contributed by atoms with van der Waals surface area (Å²) in [4.78, 5) is 25.3. The average Bonchev–Trinajstić information content (AvgIpc) is 2.61. The van der Waals surface area contributed by atoms with Crippen LogP contribution < -0.4 is 10.5 Å². The first-order valence-corrected chi connectivity index (χ1v) is 9.72. The van der Waals surface area contributed by atoms with E-state index in [1.807, 2.05) is 42.5 Å². The highest BCUT2D eigenvalue weighted by atomic mass is 79.9. The zero-order valence-corrected chi connectivity index (χ0v) is 17.3. The minimum absolute atomic E-state index is 0.103. The lowest BCUT2D eigenvalue weighted by Crippen LogP contribution is -2.38. The Morgan fingerprint density at radius 1 is 1.04 bits per heavy atom. The summed E-state index contributed by atoms with van der Waals surface area (Å²) in [6.07, 6.45) is 0.829. The normalized spacial score (nSPS) is 10.4. The molecule has 0 aromatic heterocycles. The van der Waals surface area contributed by atoms with Crippen LogP contribution in [0.1, 0.15) is 12.0 Å². The number of rotatable bonds is 9. The van der Waals surface area contributed by atoms with E-state index in [1.54, 1.807) is 11.0 Å². The van der Waals surface area contributed by atoms with Crippen molar-refractivity contribution in [1.82, 2.24) is 4.90 Å². The van der Waals surface area contributed by atoms with Crippen molar-refractivity contribution in [2.24, 2.45) is 5.73 Å². The molecule has 26 heavy (non-hydrogen) atoms. The van der Waals surface area contributed by atoms with Gasteiger partial charge in [0.25, 0.3) is 5.91 Å². The summed E-state index contributed by atoms with van der Waals surface area (Å²) in [5.74, 6) is -0.0319. The molecule has 0 saturated heterocycles. The van der Waals surface area contributed by atoms with Crippen LogP contribution in [0, 0.1) is 0 Å². The topological polar surface area (TPSA) is 72.6 Å². The summed E-state index contributed by atoms with van der Waals surface area (Å²) in [7, 11) is 0. The number of benzene rings is 2. The standard InChI is InChI=1S/C19H20Br2N2O3/c20-15-6-7-17(16(21)12-15)26-13-19(25)23(11-9-18(22)24)10-8-14-4-2-1-3-5-14/h1-7,12H,8-11,13H2,(H2,22,24). The fourth-order valence-electron chi connectivity index (χ4n) is 2.34. The van der Waals surface area contributed by atoms with Gasteiger partial charge in [-0.1, -0.05) is 46.3 Å². The number of carbonyl (C=O) groups is 2. The zero-order valence-electron chi connectivity index (χ0n) is 14.2. The van der Waals surface area contributed by atoms with Gasteiger partial charge in [-0.25, -0.2) is 0 Å². The number of carbonyl (C=O) groups excluding carboxylic acids is 2. The molecule has 0 aliphatic carbocycles. The molecule has 2 amide bonds. The van der Waals surface area contributed by atoms with Crippen molar-refractivity contribution in [2.45, 2.75) is 12.8 Å². The highest BCUT2D eigenvalue weighted by Crippen LogP contribution is 2.28. The molecule has 0 fully saturated rings. The Morgan fingerprint density at radius 2 is 1.77 bits per heavy atom. The molecule has 2 rings (SSSR count). The minimum Gasteiger partial charge on any atom is -0.483 e. The predicted molar refractivity (Wildman–Crippen MR) is 108 cm³/mol. The number of primary amides is 1. The summed E-state index contributed by atoms with van der Waals surface area (Å²) in [6, 6.07) is 15.3. The van der Waals surface area contributed by atoms with Gasteiger partial charge in [-0.3, -0.25) is 9.59 Å². The summed E-state index contributed by atoms with van der Waals surface area (Å²) in [5, 5.41) is 0. The first-order valence-electron chi connectivity index (χ1n) is 8.13. The maximum atomic E-state index is 12.6. The molecule has 0 heterocycles. The van der Waals surface area contributed by atoms with Crippen LogP contribution in [0.2, 0.25) is 0 Å². The molecule has 0 radical (unpaired) electrons. The molecular weight excluding hydrogens is 464 g/mol.